The predicted molar refractivity (Wildman–Crippen MR) is 56.7 cm³/mol. The van der Waals surface area contributed by atoms with Crippen LogP contribution in [0.2, 0.25) is 0 Å². The zero-order valence-corrected chi connectivity index (χ0v) is 8.76. The fourth-order valence-corrected chi connectivity index (χ4v) is 1.18. The molecular formula is C11H17FN2. The molecule has 0 aliphatic heterocycles. The Balaban J connectivity index is 2.25. The summed E-state index contributed by atoms with van der Waals surface area (Å²) in [6, 6.07) is 6.68. The van der Waals surface area contributed by atoms with Crippen molar-refractivity contribution in [1.82, 2.24) is 10.2 Å². The monoisotopic (exact) mass is 196 g/mol. The largest absolute Gasteiger partial charge is 0.311 e. The highest BCUT2D eigenvalue weighted by Crippen LogP contribution is 2.02. The fourth-order valence-electron chi connectivity index (χ4n) is 1.18. The number of likely N-dealkylation sites (N-methyl/N-ethyl adjacent to an activating group) is 1. The molecule has 0 aliphatic rings. The van der Waals surface area contributed by atoms with Crippen molar-refractivity contribution in [3.63, 3.8) is 0 Å². The number of nitrogens with zero attached hydrogens (tertiary/aromatic N) is 1. The quantitative estimate of drug-likeness (QED) is 0.718. The Morgan fingerprint density at radius 1 is 1.36 bits per heavy atom. The zero-order valence-electron chi connectivity index (χ0n) is 8.76. The summed E-state index contributed by atoms with van der Waals surface area (Å²) in [4.78, 5) is 2.11. The predicted octanol–water partition coefficient (Wildman–Crippen LogP) is 1.48. The van der Waals surface area contributed by atoms with E-state index in [2.05, 4.69) is 10.2 Å². The van der Waals surface area contributed by atoms with Crippen LogP contribution in [0.3, 0.4) is 0 Å². The first kappa shape index (κ1) is 11.1. The van der Waals surface area contributed by atoms with E-state index in [1.165, 1.54) is 6.07 Å². The highest BCUT2D eigenvalue weighted by molar-refractivity contribution is 5.15. The average Bonchev–Trinajstić information content (AvgIpc) is 2.12. The van der Waals surface area contributed by atoms with E-state index in [-0.39, 0.29) is 5.82 Å². The molecule has 0 saturated heterocycles. The molecule has 0 aromatic heterocycles. The van der Waals surface area contributed by atoms with Crippen molar-refractivity contribution in [3.05, 3.63) is 35.6 Å². The van der Waals surface area contributed by atoms with E-state index in [1.807, 2.05) is 20.2 Å². The fraction of sp³-hybridized carbons (Fsp3) is 0.455. The molecule has 78 valence electrons. The number of nitrogens with one attached hydrogen (secondary N) is 1. The summed E-state index contributed by atoms with van der Waals surface area (Å²) in [5.41, 5.74) is 0.990. The molecule has 0 aliphatic carbocycles. The van der Waals surface area contributed by atoms with Gasteiger partial charge in [-0.15, -0.1) is 0 Å². The summed E-state index contributed by atoms with van der Waals surface area (Å²) >= 11 is 0. The van der Waals surface area contributed by atoms with Gasteiger partial charge >= 0.3 is 0 Å². The smallest absolute Gasteiger partial charge is 0.123 e. The molecule has 0 unspecified atom stereocenters. The van der Waals surface area contributed by atoms with E-state index in [9.17, 15) is 4.39 Å². The number of hydrogen-bond donors (Lipinski definition) is 1. The van der Waals surface area contributed by atoms with Gasteiger partial charge in [0.2, 0.25) is 0 Å². The molecule has 1 rings (SSSR count). The Kier molecular flexibility index (Phi) is 4.56. The minimum absolute atomic E-state index is 0.170. The molecule has 0 heterocycles. The third kappa shape index (κ3) is 4.35. The summed E-state index contributed by atoms with van der Waals surface area (Å²) in [7, 11) is 4.06. The van der Waals surface area contributed by atoms with Crippen LogP contribution in [0.25, 0.3) is 0 Å². The lowest BCUT2D eigenvalue weighted by Gasteiger charge is -2.10. The molecule has 0 spiro atoms. The van der Waals surface area contributed by atoms with Crippen LogP contribution in [0.5, 0.6) is 0 Å². The van der Waals surface area contributed by atoms with E-state index in [0.29, 0.717) is 0 Å². The second-order valence-corrected chi connectivity index (χ2v) is 3.61. The second-order valence-electron chi connectivity index (χ2n) is 3.61. The summed E-state index contributed by atoms with van der Waals surface area (Å²) in [6.07, 6.45) is 0. The van der Waals surface area contributed by atoms with Gasteiger partial charge in [-0.2, -0.15) is 0 Å². The van der Waals surface area contributed by atoms with E-state index in [1.54, 1.807) is 12.1 Å². The van der Waals surface area contributed by atoms with Gasteiger partial charge in [0.25, 0.3) is 0 Å². The molecule has 1 aromatic rings. The number of benzene rings is 1. The van der Waals surface area contributed by atoms with Crippen LogP contribution in [0.1, 0.15) is 5.56 Å². The minimum Gasteiger partial charge on any atom is -0.311 e. The molecule has 1 aromatic carbocycles. The first-order valence-electron chi connectivity index (χ1n) is 4.78. The maximum absolute atomic E-state index is 12.8. The maximum atomic E-state index is 12.8. The molecule has 14 heavy (non-hydrogen) atoms. The molecule has 0 fully saturated rings. The molecule has 0 atom stereocenters. The van der Waals surface area contributed by atoms with Gasteiger partial charge in [-0.25, -0.2) is 4.39 Å². The lowest BCUT2D eigenvalue weighted by molar-refractivity contribution is 0.400. The average molecular weight is 196 g/mol. The Morgan fingerprint density at radius 2 is 2.14 bits per heavy atom. The van der Waals surface area contributed by atoms with E-state index in [4.69, 9.17) is 0 Å². The van der Waals surface area contributed by atoms with E-state index >= 15 is 0 Å². The lowest BCUT2D eigenvalue weighted by atomic mass is 10.2. The van der Waals surface area contributed by atoms with Crippen molar-refractivity contribution in [1.29, 1.82) is 0 Å². The Morgan fingerprint density at radius 3 is 2.79 bits per heavy atom. The van der Waals surface area contributed by atoms with Gasteiger partial charge < -0.3 is 10.2 Å². The highest BCUT2D eigenvalue weighted by atomic mass is 19.1. The van der Waals surface area contributed by atoms with Gasteiger partial charge in [-0.3, -0.25) is 0 Å². The summed E-state index contributed by atoms with van der Waals surface area (Å²) in [6.45, 7) is 2.64. The van der Waals surface area contributed by atoms with Crippen molar-refractivity contribution in [2.45, 2.75) is 6.54 Å². The maximum Gasteiger partial charge on any atom is 0.123 e. The number of halogens is 1. The number of hydrogen-bond acceptors (Lipinski definition) is 2. The first-order chi connectivity index (χ1) is 6.68. The molecule has 3 heteroatoms. The third-order valence-corrected chi connectivity index (χ3v) is 1.95. The van der Waals surface area contributed by atoms with Crippen LogP contribution < -0.4 is 5.32 Å². The minimum atomic E-state index is -0.170. The summed E-state index contributed by atoms with van der Waals surface area (Å²) in [5.74, 6) is -0.170. The van der Waals surface area contributed by atoms with Gasteiger partial charge in [-0.1, -0.05) is 12.1 Å². The van der Waals surface area contributed by atoms with Crippen molar-refractivity contribution in [2.24, 2.45) is 0 Å². The van der Waals surface area contributed by atoms with E-state index in [0.717, 1.165) is 25.2 Å². The Hall–Kier alpha value is -0.930. The summed E-state index contributed by atoms with van der Waals surface area (Å²) in [5, 5.41) is 3.25. The van der Waals surface area contributed by atoms with Crippen molar-refractivity contribution in [2.75, 3.05) is 27.2 Å². The molecule has 1 N–H and O–H groups in total. The van der Waals surface area contributed by atoms with Crippen LogP contribution in [-0.4, -0.2) is 32.1 Å². The lowest BCUT2D eigenvalue weighted by Crippen LogP contribution is -2.26. The molecule has 0 saturated carbocycles. The van der Waals surface area contributed by atoms with Gasteiger partial charge in [0, 0.05) is 19.6 Å². The van der Waals surface area contributed by atoms with Gasteiger partial charge in [0.15, 0.2) is 0 Å². The van der Waals surface area contributed by atoms with Crippen LogP contribution in [0.4, 0.5) is 4.39 Å². The van der Waals surface area contributed by atoms with Gasteiger partial charge in [-0.05, 0) is 31.8 Å². The van der Waals surface area contributed by atoms with Gasteiger partial charge in [0.1, 0.15) is 5.82 Å². The molecule has 0 amide bonds. The second kappa shape index (κ2) is 5.73. The van der Waals surface area contributed by atoms with Crippen LogP contribution >= 0.6 is 0 Å². The SMILES string of the molecule is CN(C)CCNCc1cccc(F)c1. The standard InChI is InChI=1S/C11H17FN2/c1-14(2)7-6-13-9-10-4-3-5-11(12)8-10/h3-5,8,13H,6-7,9H2,1-2H3. The molecule has 0 radical (unpaired) electrons. The normalized spacial score (nSPS) is 10.9. The zero-order chi connectivity index (χ0) is 10.4. The summed E-state index contributed by atoms with van der Waals surface area (Å²) < 4.78 is 12.8. The van der Waals surface area contributed by atoms with Crippen LogP contribution in [0, 0.1) is 5.82 Å². The van der Waals surface area contributed by atoms with Crippen molar-refractivity contribution < 1.29 is 4.39 Å². The molecular weight excluding hydrogens is 179 g/mol. The van der Waals surface area contributed by atoms with Crippen molar-refractivity contribution in [3.8, 4) is 0 Å². The third-order valence-electron chi connectivity index (χ3n) is 1.95. The van der Waals surface area contributed by atoms with E-state index < -0.39 is 0 Å². The highest BCUT2D eigenvalue weighted by Gasteiger charge is 1.94. The first-order valence-corrected chi connectivity index (χ1v) is 4.78. The molecule has 2 nitrogen and oxygen atoms in total. The Bertz CT molecular complexity index is 274. The van der Waals surface area contributed by atoms with Crippen molar-refractivity contribution >= 4 is 0 Å². The topological polar surface area (TPSA) is 15.3 Å². The van der Waals surface area contributed by atoms with Gasteiger partial charge in [0.05, 0.1) is 0 Å². The van der Waals surface area contributed by atoms with Crippen LogP contribution in [0.15, 0.2) is 24.3 Å². The van der Waals surface area contributed by atoms with Crippen LogP contribution in [-0.2, 0) is 6.54 Å². The molecule has 0 bridgehead atoms. The number of rotatable bonds is 5. The Labute approximate surface area is 84.7 Å².